The quantitative estimate of drug-likeness (QED) is 0.679. The zero-order valence-corrected chi connectivity index (χ0v) is 13.2. The smallest absolute Gasteiger partial charge is 0.141 e. The Hall–Kier alpha value is -0.610. The van der Waals surface area contributed by atoms with E-state index in [0.717, 1.165) is 12.8 Å². The fourth-order valence-electron chi connectivity index (χ4n) is 2.08. The summed E-state index contributed by atoms with van der Waals surface area (Å²) in [5.74, 6) is 0.0255. The van der Waals surface area contributed by atoms with E-state index < -0.39 is 6.10 Å². The van der Waals surface area contributed by atoms with Crippen molar-refractivity contribution in [1.82, 2.24) is 0 Å². The highest BCUT2D eigenvalue weighted by molar-refractivity contribution is 9.10. The van der Waals surface area contributed by atoms with E-state index in [0.29, 0.717) is 22.2 Å². The molecule has 0 amide bonds. The highest BCUT2D eigenvalue weighted by Gasteiger charge is 2.16. The molecule has 0 aromatic heterocycles. The van der Waals surface area contributed by atoms with E-state index >= 15 is 0 Å². The van der Waals surface area contributed by atoms with Gasteiger partial charge < -0.3 is 9.84 Å². The van der Waals surface area contributed by atoms with Crippen molar-refractivity contribution in [3.05, 3.63) is 28.0 Å². The average Bonchev–Trinajstić information content (AvgIpc) is 2.40. The predicted molar refractivity (Wildman–Crippen MR) is 79.0 cm³/mol. The van der Waals surface area contributed by atoms with Crippen LogP contribution in [-0.2, 0) is 0 Å². The highest BCUT2D eigenvalue weighted by Crippen LogP contribution is 2.33. The number of unbranched alkanes of at least 4 members (excludes halogenated alkanes) is 4. The fraction of sp³-hybridized carbons (Fsp3) is 0.600. The van der Waals surface area contributed by atoms with E-state index in [2.05, 4.69) is 22.9 Å². The zero-order chi connectivity index (χ0) is 14.3. The van der Waals surface area contributed by atoms with Gasteiger partial charge in [-0.25, -0.2) is 4.39 Å². The molecule has 1 N–H and O–H groups in total. The second-order valence-electron chi connectivity index (χ2n) is 4.73. The van der Waals surface area contributed by atoms with Crippen molar-refractivity contribution in [2.75, 3.05) is 7.11 Å². The summed E-state index contributed by atoms with van der Waals surface area (Å²) in [6.45, 7) is 2.18. The number of halogens is 2. The number of ether oxygens (including phenoxy) is 1. The van der Waals surface area contributed by atoms with Crippen LogP contribution in [0.4, 0.5) is 4.39 Å². The first-order valence-electron chi connectivity index (χ1n) is 6.81. The van der Waals surface area contributed by atoms with Crippen LogP contribution in [0.15, 0.2) is 16.6 Å². The van der Waals surface area contributed by atoms with Crippen LogP contribution in [-0.4, -0.2) is 12.2 Å². The molecule has 4 heteroatoms. The number of aliphatic hydroxyl groups is 1. The molecule has 0 heterocycles. The maximum Gasteiger partial charge on any atom is 0.141 e. The first-order valence-corrected chi connectivity index (χ1v) is 7.60. The first kappa shape index (κ1) is 16.4. The summed E-state index contributed by atoms with van der Waals surface area (Å²) in [6, 6.07) is 2.91. The Kier molecular flexibility index (Phi) is 7.39. The molecule has 0 radical (unpaired) electrons. The fourth-order valence-corrected chi connectivity index (χ4v) is 2.44. The van der Waals surface area contributed by atoms with Gasteiger partial charge in [0.1, 0.15) is 11.6 Å². The normalized spacial score (nSPS) is 12.5. The van der Waals surface area contributed by atoms with E-state index in [4.69, 9.17) is 4.74 Å². The molecule has 2 nitrogen and oxygen atoms in total. The van der Waals surface area contributed by atoms with Crippen LogP contribution in [0, 0.1) is 5.82 Å². The number of hydrogen-bond acceptors (Lipinski definition) is 2. The molecule has 1 rings (SSSR count). The SMILES string of the molecule is CCCCCCCC(O)c1cc(Br)c(F)cc1OC. The first-order chi connectivity index (χ1) is 9.10. The third-order valence-electron chi connectivity index (χ3n) is 3.21. The molecule has 1 aromatic rings. The number of benzene rings is 1. The molecule has 108 valence electrons. The van der Waals surface area contributed by atoms with Gasteiger partial charge >= 0.3 is 0 Å². The van der Waals surface area contributed by atoms with Crippen LogP contribution in [0.5, 0.6) is 5.75 Å². The maximum atomic E-state index is 13.4. The maximum absolute atomic E-state index is 13.4. The molecule has 0 bridgehead atoms. The van der Waals surface area contributed by atoms with E-state index in [1.165, 1.54) is 32.4 Å². The Morgan fingerprint density at radius 1 is 1.26 bits per heavy atom. The summed E-state index contributed by atoms with van der Waals surface area (Å²) in [6.07, 6.45) is 5.82. The second kappa shape index (κ2) is 8.54. The van der Waals surface area contributed by atoms with E-state index in [1.807, 2.05) is 0 Å². The minimum Gasteiger partial charge on any atom is -0.496 e. The minimum atomic E-state index is -0.603. The Bertz CT molecular complexity index is 396. The number of hydrogen-bond donors (Lipinski definition) is 1. The van der Waals surface area contributed by atoms with E-state index in [9.17, 15) is 9.50 Å². The van der Waals surface area contributed by atoms with Crippen LogP contribution in [0.2, 0.25) is 0 Å². The Balaban J connectivity index is 2.60. The lowest BCUT2D eigenvalue weighted by atomic mass is 10.0. The van der Waals surface area contributed by atoms with E-state index in [-0.39, 0.29) is 5.82 Å². The van der Waals surface area contributed by atoms with Crippen LogP contribution in [0.3, 0.4) is 0 Å². The summed E-state index contributed by atoms with van der Waals surface area (Å²) in [7, 11) is 1.49. The van der Waals surface area contributed by atoms with Gasteiger partial charge in [0.2, 0.25) is 0 Å². The molecular weight excluding hydrogens is 311 g/mol. The lowest BCUT2D eigenvalue weighted by molar-refractivity contribution is 0.159. The van der Waals surface area contributed by atoms with Gasteiger partial charge in [-0.2, -0.15) is 0 Å². The van der Waals surface area contributed by atoms with Gasteiger partial charge in [-0.1, -0.05) is 39.0 Å². The van der Waals surface area contributed by atoms with Gasteiger partial charge in [0, 0.05) is 11.6 Å². The van der Waals surface area contributed by atoms with Crippen molar-refractivity contribution in [2.24, 2.45) is 0 Å². The second-order valence-corrected chi connectivity index (χ2v) is 5.58. The lowest BCUT2D eigenvalue weighted by Gasteiger charge is -2.15. The molecule has 0 aliphatic rings. The summed E-state index contributed by atoms with van der Waals surface area (Å²) >= 11 is 3.14. The number of methoxy groups -OCH3 is 1. The molecule has 0 saturated carbocycles. The molecule has 0 aliphatic carbocycles. The molecule has 19 heavy (non-hydrogen) atoms. The summed E-state index contributed by atoms with van der Waals surface area (Å²) in [5.41, 5.74) is 0.645. The molecule has 0 aliphatic heterocycles. The number of rotatable bonds is 8. The van der Waals surface area contributed by atoms with E-state index in [1.54, 1.807) is 6.07 Å². The monoisotopic (exact) mass is 332 g/mol. The van der Waals surface area contributed by atoms with Gasteiger partial charge in [-0.05, 0) is 28.4 Å². The Morgan fingerprint density at radius 3 is 2.58 bits per heavy atom. The summed E-state index contributed by atoms with van der Waals surface area (Å²) in [4.78, 5) is 0. The Labute approximate surface area is 123 Å². The van der Waals surface area contributed by atoms with Crippen LogP contribution >= 0.6 is 15.9 Å². The third-order valence-corrected chi connectivity index (χ3v) is 3.82. The average molecular weight is 333 g/mol. The molecule has 1 unspecified atom stereocenters. The molecule has 1 atom stereocenters. The molecular formula is C15H22BrFO2. The van der Waals surface area contributed by atoms with Crippen molar-refractivity contribution < 1.29 is 14.2 Å². The molecule has 0 saturated heterocycles. The minimum absolute atomic E-state index is 0.355. The van der Waals surface area contributed by atoms with Gasteiger partial charge in [0.25, 0.3) is 0 Å². The molecule has 0 spiro atoms. The lowest BCUT2D eigenvalue weighted by Crippen LogP contribution is -2.02. The molecule has 0 fully saturated rings. The van der Waals surface area contributed by atoms with Gasteiger partial charge in [0.15, 0.2) is 0 Å². The highest BCUT2D eigenvalue weighted by atomic mass is 79.9. The number of aliphatic hydroxyl groups excluding tert-OH is 1. The van der Waals surface area contributed by atoms with Gasteiger partial charge in [0.05, 0.1) is 17.7 Å². The van der Waals surface area contributed by atoms with Crippen molar-refractivity contribution in [3.8, 4) is 5.75 Å². The topological polar surface area (TPSA) is 29.5 Å². The summed E-state index contributed by atoms with van der Waals surface area (Å²) < 4.78 is 18.9. The third kappa shape index (κ3) is 5.11. The predicted octanol–water partition coefficient (Wildman–Crippen LogP) is 4.99. The largest absolute Gasteiger partial charge is 0.496 e. The van der Waals surface area contributed by atoms with Crippen LogP contribution in [0.1, 0.15) is 57.1 Å². The summed E-state index contributed by atoms with van der Waals surface area (Å²) in [5, 5.41) is 10.2. The zero-order valence-electron chi connectivity index (χ0n) is 11.6. The van der Waals surface area contributed by atoms with Gasteiger partial charge in [-0.15, -0.1) is 0 Å². The van der Waals surface area contributed by atoms with Crippen molar-refractivity contribution in [3.63, 3.8) is 0 Å². The standard InChI is InChI=1S/C15H22BrFO2/c1-3-4-5-6-7-8-14(18)11-9-12(16)13(17)10-15(11)19-2/h9-10,14,18H,3-8H2,1-2H3. The van der Waals surface area contributed by atoms with Crippen molar-refractivity contribution >= 4 is 15.9 Å². The molecule has 1 aromatic carbocycles. The van der Waals surface area contributed by atoms with Crippen molar-refractivity contribution in [1.29, 1.82) is 0 Å². The van der Waals surface area contributed by atoms with Gasteiger partial charge in [-0.3, -0.25) is 0 Å². The Morgan fingerprint density at radius 2 is 1.95 bits per heavy atom. The van der Waals surface area contributed by atoms with Crippen LogP contribution in [0.25, 0.3) is 0 Å². The van der Waals surface area contributed by atoms with Crippen LogP contribution < -0.4 is 4.74 Å². The van der Waals surface area contributed by atoms with Crippen molar-refractivity contribution in [2.45, 2.75) is 51.6 Å².